The van der Waals surface area contributed by atoms with Crippen molar-refractivity contribution in [2.45, 2.75) is 51.2 Å². The van der Waals surface area contributed by atoms with Crippen molar-refractivity contribution in [1.29, 1.82) is 0 Å². The molecule has 0 radical (unpaired) electrons. The number of imidazole rings is 1. The first-order valence-corrected chi connectivity index (χ1v) is 11.2. The van der Waals surface area contributed by atoms with Gasteiger partial charge in [0.25, 0.3) is 15.7 Å². The van der Waals surface area contributed by atoms with E-state index in [-0.39, 0.29) is 53.7 Å². The molecule has 3 heterocycles. The Bertz CT molecular complexity index is 1120. The summed E-state index contributed by atoms with van der Waals surface area (Å²) in [4.78, 5) is 34.9. The van der Waals surface area contributed by atoms with Gasteiger partial charge in [0.05, 0.1) is 25.3 Å². The average Bonchev–Trinajstić information content (AvgIpc) is 3.18. The van der Waals surface area contributed by atoms with Crippen LogP contribution in [-0.4, -0.2) is 64.6 Å². The fourth-order valence-corrected chi connectivity index (χ4v) is 4.22. The van der Waals surface area contributed by atoms with E-state index in [1.54, 1.807) is 13.8 Å². The van der Waals surface area contributed by atoms with Gasteiger partial charge in [-0.1, -0.05) is 6.92 Å². The third-order valence-electron chi connectivity index (χ3n) is 4.82. The number of ether oxygens (including phenoxy) is 2. The summed E-state index contributed by atoms with van der Waals surface area (Å²) in [6.45, 7) is 4.19. The number of H-pyrrole nitrogens is 1. The maximum atomic E-state index is 12.2. The Hall–Kier alpha value is -0.920. The topological polar surface area (TPSA) is 152 Å². The van der Waals surface area contributed by atoms with Gasteiger partial charge in [0, 0.05) is 6.92 Å². The molecule has 1 fully saturated rings. The maximum absolute atomic E-state index is 12.2. The van der Waals surface area contributed by atoms with Crippen molar-refractivity contribution in [1.82, 2.24) is 19.5 Å². The molecular weight excluding hydrogens is 462 g/mol. The van der Waals surface area contributed by atoms with Gasteiger partial charge in [-0.05, 0) is 13.3 Å². The molecule has 0 unspecified atom stereocenters. The number of hydrogen-bond acceptors (Lipinski definition) is 10. The Balaban J connectivity index is 0.00000341. The largest absolute Gasteiger partial charge is 1.00 e. The van der Waals surface area contributed by atoms with Crippen LogP contribution in [0.3, 0.4) is 0 Å². The number of aromatic amines is 1. The van der Waals surface area contributed by atoms with Crippen LogP contribution >= 0.6 is 9.47 Å². The Morgan fingerprint density at radius 2 is 2.13 bits per heavy atom. The van der Waals surface area contributed by atoms with Crippen molar-refractivity contribution in [3.63, 3.8) is 0 Å². The van der Waals surface area contributed by atoms with Crippen LogP contribution in [0.15, 0.2) is 11.1 Å². The van der Waals surface area contributed by atoms with Gasteiger partial charge in [-0.15, -0.1) is 0 Å². The predicted molar refractivity (Wildman–Crippen MR) is 106 cm³/mol. The molecule has 0 amide bonds. The summed E-state index contributed by atoms with van der Waals surface area (Å²) in [5.74, 6) is -0.254. The zero-order valence-electron chi connectivity index (χ0n) is 17.7. The van der Waals surface area contributed by atoms with Gasteiger partial charge in [0.1, 0.15) is 11.4 Å². The van der Waals surface area contributed by atoms with E-state index in [1.807, 2.05) is 0 Å². The third-order valence-corrected chi connectivity index (χ3v) is 5.62. The molecule has 0 bridgehead atoms. The van der Waals surface area contributed by atoms with Gasteiger partial charge in [-0.2, -0.15) is 8.42 Å². The summed E-state index contributed by atoms with van der Waals surface area (Å²) in [5, 5.41) is 0. The predicted octanol–water partition coefficient (Wildman–Crippen LogP) is -2.54. The molecule has 1 N–H and O–H groups in total. The van der Waals surface area contributed by atoms with E-state index in [9.17, 15) is 18.0 Å². The van der Waals surface area contributed by atoms with Gasteiger partial charge in [0.2, 0.25) is 0 Å². The fraction of sp³-hybridized carbons (Fsp3) is 0.625. The average molecular weight is 484 g/mol. The van der Waals surface area contributed by atoms with Crippen LogP contribution in [0, 0.1) is 6.92 Å². The number of rotatable bonds is 7. The number of fused-ring (bicyclic) bond motifs is 1. The normalized spacial score (nSPS) is 26.0. The van der Waals surface area contributed by atoms with Crippen molar-refractivity contribution in [2.24, 2.45) is 0 Å². The Morgan fingerprint density at radius 1 is 1.45 bits per heavy atom. The minimum Gasteiger partial charge on any atom is -0.554 e. The molecule has 15 heteroatoms. The standard InChI is InChI=1S/C16H22N4O8PS.Na/c1-5-16(6-25-30(4,23)24)12(28-29)11(26-9(3)21)15(27-16)20-7-17-10-13(20)18-8(2)19-14(10)22;/h7,11-12,15,29H,5-6H2,1-4H3,(H,18,19,22);/q-1;+1/t11-,12-,15+,16-;/m0./s1. The maximum Gasteiger partial charge on any atom is 1.00 e. The number of esters is 1. The first-order valence-electron chi connectivity index (χ1n) is 8.96. The fourth-order valence-electron chi connectivity index (χ4n) is 3.46. The smallest absolute Gasteiger partial charge is 0.554 e. The third kappa shape index (κ3) is 5.36. The summed E-state index contributed by atoms with van der Waals surface area (Å²) in [7, 11) is -0.793. The van der Waals surface area contributed by atoms with E-state index >= 15 is 0 Å². The number of nitrogens with one attached hydrogen (secondary N) is 1. The van der Waals surface area contributed by atoms with E-state index in [0.717, 1.165) is 6.26 Å². The van der Waals surface area contributed by atoms with Crippen molar-refractivity contribution < 1.29 is 61.0 Å². The summed E-state index contributed by atoms with van der Waals surface area (Å²) < 4.78 is 46.6. The van der Waals surface area contributed by atoms with E-state index < -0.39 is 45.7 Å². The van der Waals surface area contributed by atoms with Crippen molar-refractivity contribution >= 4 is 36.7 Å². The second kappa shape index (κ2) is 9.92. The van der Waals surface area contributed by atoms with Crippen LogP contribution in [-0.2, 0) is 33.1 Å². The van der Waals surface area contributed by atoms with Crippen LogP contribution in [0.4, 0.5) is 0 Å². The molecule has 0 aromatic carbocycles. The first kappa shape index (κ1) is 26.3. The molecule has 3 rings (SSSR count). The number of carbonyl (C=O) groups is 1. The number of carbonyl (C=O) groups excluding carboxylic acids is 1. The first-order chi connectivity index (χ1) is 14.0. The molecule has 1 aliphatic heterocycles. The molecule has 2 aromatic heterocycles. The molecule has 12 nitrogen and oxygen atoms in total. The van der Waals surface area contributed by atoms with E-state index in [1.165, 1.54) is 17.8 Å². The molecule has 31 heavy (non-hydrogen) atoms. The summed E-state index contributed by atoms with van der Waals surface area (Å²) in [6, 6.07) is 0. The molecular formula is C16H22N4NaO8PS. The summed E-state index contributed by atoms with van der Waals surface area (Å²) in [6.07, 6.45) is -0.486. The Morgan fingerprint density at radius 3 is 2.68 bits per heavy atom. The number of aryl methyl sites for hydroxylation is 1. The molecule has 2 aromatic rings. The van der Waals surface area contributed by atoms with Crippen LogP contribution < -0.4 is 35.1 Å². The second-order valence-corrected chi connectivity index (χ2v) is 8.86. The number of hydrogen-bond donors (Lipinski definition) is 1. The van der Waals surface area contributed by atoms with Crippen molar-refractivity contribution in [2.75, 3.05) is 12.9 Å². The SMILES string of the molecule is CC[C@@]1(COS(C)(=O)=O)O[C@@H](n2cnc3c(=O)[nH]c(C)nc32)[C@@H](OC(C)=O)[C@@H]1O[PH-].[Na+]. The van der Waals surface area contributed by atoms with Gasteiger partial charge in [-0.3, -0.25) is 18.3 Å². The van der Waals surface area contributed by atoms with Crippen molar-refractivity contribution in [3.8, 4) is 0 Å². The van der Waals surface area contributed by atoms with Crippen LogP contribution in [0.5, 0.6) is 0 Å². The second-order valence-electron chi connectivity index (χ2n) is 6.98. The quantitative estimate of drug-likeness (QED) is 0.193. The van der Waals surface area contributed by atoms with Crippen LogP contribution in [0.25, 0.3) is 11.2 Å². The molecule has 0 saturated carbocycles. The molecule has 0 spiro atoms. The molecule has 0 aliphatic carbocycles. The Kier molecular flexibility index (Phi) is 8.43. The Labute approximate surface area is 203 Å². The number of aromatic nitrogens is 4. The molecule has 166 valence electrons. The van der Waals surface area contributed by atoms with Gasteiger partial charge in [-0.25, -0.2) is 9.97 Å². The van der Waals surface area contributed by atoms with Gasteiger partial charge >= 0.3 is 35.5 Å². The zero-order valence-corrected chi connectivity index (χ0v) is 21.6. The van der Waals surface area contributed by atoms with E-state index in [2.05, 4.69) is 24.4 Å². The summed E-state index contributed by atoms with van der Waals surface area (Å²) in [5.41, 5.74) is -1.46. The molecule has 1 aliphatic rings. The van der Waals surface area contributed by atoms with Gasteiger partial charge < -0.3 is 28.4 Å². The number of nitrogens with zero attached hydrogens (tertiary/aromatic N) is 3. The van der Waals surface area contributed by atoms with Gasteiger partial charge in [0.15, 0.2) is 23.5 Å². The van der Waals surface area contributed by atoms with E-state index in [0.29, 0.717) is 5.82 Å². The van der Waals surface area contributed by atoms with Crippen LogP contribution in [0.1, 0.15) is 32.3 Å². The van der Waals surface area contributed by atoms with Crippen molar-refractivity contribution in [3.05, 3.63) is 22.5 Å². The zero-order chi connectivity index (χ0) is 22.3. The minimum atomic E-state index is -3.79. The molecule has 1 saturated heterocycles. The monoisotopic (exact) mass is 484 g/mol. The van der Waals surface area contributed by atoms with Crippen LogP contribution in [0.2, 0.25) is 0 Å². The van der Waals surface area contributed by atoms with E-state index in [4.69, 9.17) is 18.2 Å². The minimum absolute atomic E-state index is 0. The molecule has 4 atom stereocenters. The summed E-state index contributed by atoms with van der Waals surface area (Å²) >= 11 is 0.